The van der Waals surface area contributed by atoms with Crippen molar-refractivity contribution in [3.8, 4) is 17.1 Å². The summed E-state index contributed by atoms with van der Waals surface area (Å²) < 4.78 is 7.04. The second-order valence-electron chi connectivity index (χ2n) is 4.24. The minimum atomic E-state index is -1.10. The highest BCUT2D eigenvalue weighted by atomic mass is 16.4. The second-order valence-corrected chi connectivity index (χ2v) is 4.24. The van der Waals surface area contributed by atoms with Gasteiger partial charge in [0.05, 0.1) is 17.4 Å². The zero-order chi connectivity index (χ0) is 14.1. The fraction of sp³-hybridized carbons (Fsp3) is 0.0714. The molecule has 2 aromatic heterocycles. The van der Waals surface area contributed by atoms with Gasteiger partial charge in [-0.05, 0) is 19.1 Å². The summed E-state index contributed by atoms with van der Waals surface area (Å²) in [6.45, 7) is 1.57. The van der Waals surface area contributed by atoms with E-state index < -0.39 is 5.97 Å². The maximum absolute atomic E-state index is 10.9. The molecule has 100 valence electrons. The lowest BCUT2D eigenvalue weighted by Gasteiger charge is -1.98. The Labute approximate surface area is 114 Å². The third-order valence-electron chi connectivity index (χ3n) is 2.85. The Morgan fingerprint density at radius 1 is 1.30 bits per heavy atom. The van der Waals surface area contributed by atoms with Crippen LogP contribution < -0.4 is 0 Å². The molecule has 0 saturated carbocycles. The van der Waals surface area contributed by atoms with Crippen LogP contribution in [0, 0.1) is 6.92 Å². The van der Waals surface area contributed by atoms with Gasteiger partial charge in [0.25, 0.3) is 0 Å². The van der Waals surface area contributed by atoms with E-state index in [9.17, 15) is 4.79 Å². The molecule has 0 spiro atoms. The van der Waals surface area contributed by atoms with E-state index >= 15 is 0 Å². The first-order valence-electron chi connectivity index (χ1n) is 5.96. The minimum absolute atomic E-state index is 0.0764. The smallest absolute Gasteiger partial charge is 0.358 e. The van der Waals surface area contributed by atoms with Crippen molar-refractivity contribution in [2.45, 2.75) is 6.92 Å². The van der Waals surface area contributed by atoms with E-state index in [4.69, 9.17) is 9.52 Å². The molecule has 1 N–H and O–H groups in total. The van der Waals surface area contributed by atoms with Gasteiger partial charge in [-0.3, -0.25) is 0 Å². The number of hydrogen-bond donors (Lipinski definition) is 1. The Morgan fingerprint density at radius 3 is 2.70 bits per heavy atom. The molecule has 3 rings (SSSR count). The molecule has 0 amide bonds. The summed E-state index contributed by atoms with van der Waals surface area (Å²) in [6.07, 6.45) is 3.33. The van der Waals surface area contributed by atoms with E-state index in [1.807, 2.05) is 30.3 Å². The Bertz CT molecular complexity index is 759. The molecule has 0 unspecified atom stereocenters. The molecule has 0 fully saturated rings. The molecule has 0 aliphatic heterocycles. The number of nitrogens with zero attached hydrogens (tertiary/aromatic N) is 3. The Morgan fingerprint density at radius 2 is 2.05 bits per heavy atom. The molecule has 20 heavy (non-hydrogen) atoms. The van der Waals surface area contributed by atoms with Crippen molar-refractivity contribution in [1.82, 2.24) is 14.8 Å². The molecular formula is C14H11N3O3. The lowest BCUT2D eigenvalue weighted by Crippen LogP contribution is -1.98. The summed E-state index contributed by atoms with van der Waals surface area (Å²) in [5.74, 6) is -0.574. The van der Waals surface area contributed by atoms with Crippen LogP contribution in [0.4, 0.5) is 0 Å². The lowest BCUT2D eigenvalue weighted by molar-refractivity contribution is 0.0689. The van der Waals surface area contributed by atoms with E-state index in [0.717, 1.165) is 5.69 Å². The molecule has 2 heterocycles. The van der Waals surface area contributed by atoms with Gasteiger partial charge in [0.1, 0.15) is 5.76 Å². The highest BCUT2D eigenvalue weighted by Gasteiger charge is 2.18. The first-order valence-corrected chi connectivity index (χ1v) is 5.96. The standard InChI is InChI=1S/C14H11N3O3/c1-9-12(14(18)19)16-13(20-9)10-7-15-17(8-10)11-5-3-2-4-6-11/h2-8H,1H3,(H,18,19). The van der Waals surface area contributed by atoms with E-state index in [1.165, 1.54) is 0 Å². The normalized spacial score (nSPS) is 10.7. The van der Waals surface area contributed by atoms with Crippen molar-refractivity contribution in [3.05, 3.63) is 54.2 Å². The largest absolute Gasteiger partial charge is 0.476 e. The number of hydrogen-bond acceptors (Lipinski definition) is 4. The number of carboxylic acids is 1. The van der Waals surface area contributed by atoms with Crippen LogP contribution in [-0.4, -0.2) is 25.8 Å². The lowest BCUT2D eigenvalue weighted by atomic mass is 10.3. The van der Waals surface area contributed by atoms with Crippen LogP contribution in [0.1, 0.15) is 16.2 Å². The number of aryl methyl sites for hydroxylation is 1. The van der Waals surface area contributed by atoms with Crippen LogP contribution in [0.15, 0.2) is 47.1 Å². The second kappa shape index (κ2) is 4.65. The number of benzene rings is 1. The summed E-state index contributed by atoms with van der Waals surface area (Å²) >= 11 is 0. The highest BCUT2D eigenvalue weighted by Crippen LogP contribution is 2.22. The fourth-order valence-corrected chi connectivity index (χ4v) is 1.87. The molecule has 6 nitrogen and oxygen atoms in total. The molecular weight excluding hydrogens is 258 g/mol. The van der Waals surface area contributed by atoms with Crippen molar-refractivity contribution < 1.29 is 14.3 Å². The summed E-state index contributed by atoms with van der Waals surface area (Å²) in [5, 5.41) is 13.2. The summed E-state index contributed by atoms with van der Waals surface area (Å²) in [7, 11) is 0. The molecule has 0 atom stereocenters. The van der Waals surface area contributed by atoms with Crippen LogP contribution in [0.5, 0.6) is 0 Å². The van der Waals surface area contributed by atoms with Gasteiger partial charge in [-0.25, -0.2) is 14.5 Å². The molecule has 3 aromatic rings. The molecule has 0 radical (unpaired) electrons. The maximum atomic E-state index is 10.9. The fourth-order valence-electron chi connectivity index (χ4n) is 1.87. The van der Waals surface area contributed by atoms with Crippen molar-refractivity contribution in [3.63, 3.8) is 0 Å². The number of carboxylic acid groups (broad SMARTS) is 1. The Kier molecular flexibility index (Phi) is 2.83. The van der Waals surface area contributed by atoms with Crippen LogP contribution in [0.3, 0.4) is 0 Å². The van der Waals surface area contributed by atoms with Crippen LogP contribution >= 0.6 is 0 Å². The molecule has 0 aliphatic rings. The van der Waals surface area contributed by atoms with Gasteiger partial charge in [-0.2, -0.15) is 5.10 Å². The van der Waals surface area contributed by atoms with Gasteiger partial charge >= 0.3 is 5.97 Å². The highest BCUT2D eigenvalue weighted by molar-refractivity contribution is 5.87. The zero-order valence-corrected chi connectivity index (χ0v) is 10.6. The third kappa shape index (κ3) is 2.07. The van der Waals surface area contributed by atoms with Crippen molar-refractivity contribution in [2.24, 2.45) is 0 Å². The van der Waals surface area contributed by atoms with Gasteiger partial charge in [0.15, 0.2) is 5.69 Å². The Balaban J connectivity index is 1.98. The van der Waals surface area contributed by atoms with Gasteiger partial charge in [-0.1, -0.05) is 18.2 Å². The van der Waals surface area contributed by atoms with Gasteiger partial charge in [-0.15, -0.1) is 0 Å². The van der Waals surface area contributed by atoms with Crippen molar-refractivity contribution >= 4 is 5.97 Å². The topological polar surface area (TPSA) is 81.2 Å². The zero-order valence-electron chi connectivity index (χ0n) is 10.6. The minimum Gasteiger partial charge on any atom is -0.476 e. The number of oxazole rings is 1. The summed E-state index contributed by atoms with van der Waals surface area (Å²) in [4.78, 5) is 14.9. The van der Waals surface area contributed by atoms with Gasteiger partial charge in [0, 0.05) is 6.20 Å². The van der Waals surface area contributed by atoms with Gasteiger partial charge in [0.2, 0.25) is 5.89 Å². The van der Waals surface area contributed by atoms with Crippen molar-refractivity contribution in [2.75, 3.05) is 0 Å². The molecule has 0 bridgehead atoms. The third-order valence-corrected chi connectivity index (χ3v) is 2.85. The predicted molar refractivity (Wildman–Crippen MR) is 70.8 cm³/mol. The van der Waals surface area contributed by atoms with Crippen molar-refractivity contribution in [1.29, 1.82) is 0 Å². The number of aromatic nitrogens is 3. The first kappa shape index (κ1) is 12.2. The van der Waals surface area contributed by atoms with Crippen LogP contribution in [0.2, 0.25) is 0 Å². The van der Waals surface area contributed by atoms with E-state index in [1.54, 1.807) is 24.0 Å². The average Bonchev–Trinajstić information content (AvgIpc) is 3.06. The predicted octanol–water partition coefficient (Wildman–Crippen LogP) is 2.53. The first-order chi connectivity index (χ1) is 9.65. The number of para-hydroxylation sites is 1. The monoisotopic (exact) mass is 269 g/mol. The molecule has 0 saturated heterocycles. The summed E-state index contributed by atoms with van der Waals surface area (Å²) in [5.41, 5.74) is 1.46. The van der Waals surface area contributed by atoms with E-state index in [-0.39, 0.29) is 17.3 Å². The molecule has 1 aromatic carbocycles. The van der Waals surface area contributed by atoms with Crippen LogP contribution in [-0.2, 0) is 0 Å². The average molecular weight is 269 g/mol. The van der Waals surface area contributed by atoms with E-state index in [2.05, 4.69) is 10.1 Å². The summed E-state index contributed by atoms with van der Waals surface area (Å²) in [6, 6.07) is 9.58. The molecule has 0 aliphatic carbocycles. The van der Waals surface area contributed by atoms with Crippen LogP contribution in [0.25, 0.3) is 17.1 Å². The van der Waals surface area contributed by atoms with Gasteiger partial charge < -0.3 is 9.52 Å². The molecule has 6 heteroatoms. The number of aromatic carboxylic acids is 1. The number of carbonyl (C=O) groups is 1. The number of rotatable bonds is 3. The Hall–Kier alpha value is -2.89. The van der Waals surface area contributed by atoms with E-state index in [0.29, 0.717) is 5.56 Å². The SMILES string of the molecule is Cc1oc(-c2cnn(-c3ccccc3)c2)nc1C(=O)O. The maximum Gasteiger partial charge on any atom is 0.358 e. The quantitative estimate of drug-likeness (QED) is 0.790.